The molecule has 5 nitrogen and oxygen atoms in total. The van der Waals surface area contributed by atoms with Gasteiger partial charge in [0.25, 0.3) is 0 Å². The molecule has 0 spiro atoms. The number of aliphatic hydroxyl groups is 1. The highest BCUT2D eigenvalue weighted by Crippen LogP contribution is 2.45. The molecule has 0 amide bonds. The van der Waals surface area contributed by atoms with Crippen molar-refractivity contribution in [3.8, 4) is 0 Å². The maximum Gasteiger partial charge on any atom is 0.243 e. The van der Waals surface area contributed by atoms with E-state index >= 15 is 0 Å². The summed E-state index contributed by atoms with van der Waals surface area (Å²) in [5, 5.41) is 9.98. The minimum absolute atomic E-state index is 0.0861. The van der Waals surface area contributed by atoms with Crippen LogP contribution in [-0.2, 0) is 14.8 Å². The predicted molar refractivity (Wildman–Crippen MR) is 76.2 cm³/mol. The predicted octanol–water partition coefficient (Wildman–Crippen LogP) is 0.826. The van der Waals surface area contributed by atoms with E-state index in [4.69, 9.17) is 4.74 Å². The summed E-state index contributed by atoms with van der Waals surface area (Å²) in [4.78, 5) is 0.302. The Morgan fingerprint density at radius 3 is 2.71 bits per heavy atom. The number of sulfonamides is 1. The number of aryl methyl sites for hydroxylation is 1. The van der Waals surface area contributed by atoms with Crippen LogP contribution in [0.15, 0.2) is 40.8 Å². The fourth-order valence-corrected chi connectivity index (χ4v) is 4.91. The van der Waals surface area contributed by atoms with Crippen LogP contribution >= 0.6 is 0 Å². The fraction of sp³-hybridized carbons (Fsp3) is 0.467. The lowest BCUT2D eigenvalue weighted by Crippen LogP contribution is -2.43. The first kappa shape index (κ1) is 13.5. The van der Waals surface area contributed by atoms with E-state index in [0.29, 0.717) is 17.9 Å². The van der Waals surface area contributed by atoms with Gasteiger partial charge in [0.15, 0.2) is 0 Å². The molecule has 1 saturated carbocycles. The molecule has 0 unspecified atom stereocenters. The Balaban J connectivity index is 1.66. The van der Waals surface area contributed by atoms with Crippen molar-refractivity contribution in [3.63, 3.8) is 0 Å². The highest BCUT2D eigenvalue weighted by Gasteiger charge is 2.57. The van der Waals surface area contributed by atoms with Crippen LogP contribution in [0.2, 0.25) is 0 Å². The number of aliphatic hydroxyl groups excluding tert-OH is 1. The van der Waals surface area contributed by atoms with Crippen molar-refractivity contribution in [2.45, 2.75) is 42.6 Å². The van der Waals surface area contributed by atoms with Gasteiger partial charge in [-0.1, -0.05) is 23.8 Å². The van der Waals surface area contributed by atoms with Gasteiger partial charge >= 0.3 is 0 Å². The Kier molecular flexibility index (Phi) is 2.81. The van der Waals surface area contributed by atoms with Crippen LogP contribution in [0.25, 0.3) is 0 Å². The summed E-state index contributed by atoms with van der Waals surface area (Å²) in [6.07, 6.45) is 1.56. The molecule has 6 heteroatoms. The Hall–Kier alpha value is -1.21. The molecule has 112 valence electrons. The van der Waals surface area contributed by atoms with Gasteiger partial charge in [-0.3, -0.25) is 0 Å². The molecule has 0 radical (unpaired) electrons. The third-order valence-corrected chi connectivity index (χ3v) is 6.45. The lowest BCUT2D eigenvalue weighted by molar-refractivity contribution is 0.111. The van der Waals surface area contributed by atoms with Crippen molar-refractivity contribution in [2.75, 3.05) is 6.54 Å². The van der Waals surface area contributed by atoms with Crippen molar-refractivity contribution in [2.24, 2.45) is 0 Å². The second kappa shape index (κ2) is 4.39. The quantitative estimate of drug-likeness (QED) is 0.649. The van der Waals surface area contributed by atoms with Gasteiger partial charge in [-0.05, 0) is 31.1 Å². The fourth-order valence-electron chi connectivity index (χ4n) is 3.34. The highest BCUT2D eigenvalue weighted by atomic mass is 32.2. The summed E-state index contributed by atoms with van der Waals surface area (Å²) >= 11 is 0. The third-order valence-electron chi connectivity index (χ3n) is 4.56. The lowest BCUT2D eigenvalue weighted by Gasteiger charge is -2.30. The first-order valence-corrected chi connectivity index (χ1v) is 8.54. The molecule has 0 aromatic heterocycles. The van der Waals surface area contributed by atoms with Crippen LogP contribution in [0, 0.1) is 6.92 Å². The van der Waals surface area contributed by atoms with Crippen LogP contribution in [0.4, 0.5) is 0 Å². The van der Waals surface area contributed by atoms with E-state index in [1.54, 1.807) is 24.3 Å². The molecule has 21 heavy (non-hydrogen) atoms. The second-order valence-electron chi connectivity index (χ2n) is 5.93. The van der Waals surface area contributed by atoms with Crippen LogP contribution < -0.4 is 0 Å². The molecule has 2 heterocycles. The minimum atomic E-state index is -3.54. The Labute approximate surface area is 123 Å². The van der Waals surface area contributed by atoms with E-state index in [1.807, 2.05) is 13.0 Å². The number of hydrogen-bond donors (Lipinski definition) is 1. The average molecular weight is 307 g/mol. The van der Waals surface area contributed by atoms with Crippen molar-refractivity contribution >= 4 is 10.0 Å². The van der Waals surface area contributed by atoms with Gasteiger partial charge in [0.1, 0.15) is 12.2 Å². The zero-order chi connectivity index (χ0) is 14.8. The number of hydrogen-bond acceptors (Lipinski definition) is 4. The largest absolute Gasteiger partial charge is 0.390 e. The molecule has 2 fully saturated rings. The average Bonchev–Trinajstić information content (AvgIpc) is 3.14. The van der Waals surface area contributed by atoms with E-state index in [-0.39, 0.29) is 18.2 Å². The molecule has 4 rings (SSSR count). The standard InChI is InChI=1S/C15H17NO4S/c1-9-2-4-10(5-3-9)21(18,19)16-7-6-11-12(16)8-13(17)15-14(11)20-15/h2-6,12-15,17H,7-8H2,1H3/t12-,13+,14-,15+/m0/s1. The van der Waals surface area contributed by atoms with Crippen LogP contribution in [0.5, 0.6) is 0 Å². The normalized spacial score (nSPS) is 35.0. The zero-order valence-corrected chi connectivity index (χ0v) is 12.5. The van der Waals surface area contributed by atoms with Gasteiger partial charge < -0.3 is 9.84 Å². The highest BCUT2D eigenvalue weighted by molar-refractivity contribution is 7.89. The van der Waals surface area contributed by atoms with Crippen molar-refractivity contribution in [1.82, 2.24) is 4.31 Å². The van der Waals surface area contributed by atoms with E-state index in [9.17, 15) is 13.5 Å². The summed E-state index contributed by atoms with van der Waals surface area (Å²) in [7, 11) is -3.54. The molecule has 1 N–H and O–H groups in total. The second-order valence-corrected chi connectivity index (χ2v) is 7.82. The molecule has 4 atom stereocenters. The SMILES string of the molecule is Cc1ccc(S(=O)(=O)N2CC=C3[C@@H]4O[C@@H]4[C@H](O)C[C@@H]32)cc1. The van der Waals surface area contributed by atoms with Gasteiger partial charge in [-0.2, -0.15) is 4.31 Å². The molecular formula is C15H17NO4S. The molecule has 1 saturated heterocycles. The molecule has 1 aromatic rings. The first-order chi connectivity index (χ1) is 9.98. The Morgan fingerprint density at radius 2 is 2.00 bits per heavy atom. The maximum atomic E-state index is 12.8. The topological polar surface area (TPSA) is 70.1 Å². The van der Waals surface area contributed by atoms with E-state index in [1.165, 1.54) is 4.31 Å². The molecule has 0 bridgehead atoms. The number of fused-ring (bicyclic) bond motifs is 3. The molecule has 3 aliphatic rings. The smallest absolute Gasteiger partial charge is 0.243 e. The van der Waals surface area contributed by atoms with Crippen molar-refractivity contribution < 1.29 is 18.3 Å². The van der Waals surface area contributed by atoms with Gasteiger partial charge in [-0.15, -0.1) is 0 Å². The summed E-state index contributed by atoms with van der Waals surface area (Å²) in [6.45, 7) is 2.28. The number of nitrogens with zero attached hydrogens (tertiary/aromatic N) is 1. The minimum Gasteiger partial charge on any atom is -0.390 e. The third kappa shape index (κ3) is 1.97. The van der Waals surface area contributed by atoms with E-state index in [0.717, 1.165) is 11.1 Å². The summed E-state index contributed by atoms with van der Waals surface area (Å²) in [5.41, 5.74) is 2.04. The number of ether oxygens (including phenoxy) is 1. The molecule has 1 aliphatic carbocycles. The number of rotatable bonds is 2. The lowest BCUT2D eigenvalue weighted by atomic mass is 9.90. The number of epoxide rings is 1. The van der Waals surface area contributed by atoms with Gasteiger partial charge in [0.2, 0.25) is 10.0 Å². The van der Waals surface area contributed by atoms with E-state index in [2.05, 4.69) is 0 Å². The summed E-state index contributed by atoms with van der Waals surface area (Å²) < 4.78 is 32.5. The van der Waals surface area contributed by atoms with Crippen molar-refractivity contribution in [3.05, 3.63) is 41.5 Å². The van der Waals surface area contributed by atoms with Crippen LogP contribution in [0.3, 0.4) is 0 Å². The van der Waals surface area contributed by atoms with Gasteiger partial charge in [-0.25, -0.2) is 8.42 Å². The van der Waals surface area contributed by atoms with Crippen molar-refractivity contribution in [1.29, 1.82) is 0 Å². The van der Waals surface area contributed by atoms with E-state index < -0.39 is 16.1 Å². The first-order valence-electron chi connectivity index (χ1n) is 7.10. The summed E-state index contributed by atoms with van der Waals surface area (Å²) in [5.74, 6) is 0. The van der Waals surface area contributed by atoms with Crippen LogP contribution in [0.1, 0.15) is 12.0 Å². The zero-order valence-electron chi connectivity index (χ0n) is 11.6. The van der Waals surface area contributed by atoms with Gasteiger partial charge in [0, 0.05) is 6.54 Å². The Morgan fingerprint density at radius 1 is 1.29 bits per heavy atom. The maximum absolute atomic E-state index is 12.8. The molecule has 1 aromatic carbocycles. The summed E-state index contributed by atoms with van der Waals surface area (Å²) in [6, 6.07) is 6.60. The monoisotopic (exact) mass is 307 g/mol. The number of benzene rings is 1. The van der Waals surface area contributed by atoms with Crippen LogP contribution in [-0.4, -0.2) is 48.7 Å². The molecular weight excluding hydrogens is 290 g/mol. The Bertz CT molecular complexity index is 710. The molecule has 2 aliphatic heterocycles. The van der Waals surface area contributed by atoms with Gasteiger partial charge in [0.05, 0.1) is 17.0 Å².